The molecule has 4 rings (SSSR count). The molecule has 0 unspecified atom stereocenters. The van der Waals surface area contributed by atoms with Crippen LogP contribution in [0.4, 0.5) is 0 Å². The van der Waals surface area contributed by atoms with Crippen LogP contribution in [0.1, 0.15) is 12.8 Å². The van der Waals surface area contributed by atoms with Crippen LogP contribution >= 0.6 is 23.2 Å². The number of methoxy groups -OCH3 is 1. The third-order valence-electron chi connectivity index (χ3n) is 5.14. The smallest absolute Gasteiger partial charge is 0.261 e. The summed E-state index contributed by atoms with van der Waals surface area (Å²) in [5.41, 5.74) is 1.49. The molecule has 0 aliphatic carbocycles. The van der Waals surface area contributed by atoms with Crippen molar-refractivity contribution in [2.24, 2.45) is 0 Å². The second kappa shape index (κ2) is 10.1. The van der Waals surface area contributed by atoms with Crippen molar-refractivity contribution < 1.29 is 9.47 Å². The SMILES string of the molecule is COc1ccc(-c2nc3ccccc3c(=O)n2CCCCOc2ccc(Cl)cc2Cl)cc1. The topological polar surface area (TPSA) is 53.3 Å². The van der Waals surface area contributed by atoms with Crippen LogP contribution in [0.3, 0.4) is 0 Å². The van der Waals surface area contributed by atoms with Crippen LogP contribution < -0.4 is 15.0 Å². The molecular formula is C25H22Cl2N2O3. The summed E-state index contributed by atoms with van der Waals surface area (Å²) < 4.78 is 12.8. The number of para-hydroxylation sites is 1. The number of ether oxygens (including phenoxy) is 2. The summed E-state index contributed by atoms with van der Waals surface area (Å²) in [7, 11) is 1.62. The Balaban J connectivity index is 1.53. The Kier molecular flexibility index (Phi) is 6.98. The molecule has 1 aromatic heterocycles. The predicted octanol–water partition coefficient (Wildman–Crippen LogP) is 6.24. The van der Waals surface area contributed by atoms with Crippen LogP contribution in [0.25, 0.3) is 22.3 Å². The minimum atomic E-state index is -0.0527. The normalized spacial score (nSPS) is 11.0. The lowest BCUT2D eigenvalue weighted by Gasteiger charge is -2.14. The highest BCUT2D eigenvalue weighted by Gasteiger charge is 2.13. The van der Waals surface area contributed by atoms with Crippen LogP contribution in [0, 0.1) is 0 Å². The van der Waals surface area contributed by atoms with Gasteiger partial charge in [0.1, 0.15) is 17.3 Å². The predicted molar refractivity (Wildman–Crippen MR) is 129 cm³/mol. The van der Waals surface area contributed by atoms with Gasteiger partial charge in [-0.3, -0.25) is 9.36 Å². The Labute approximate surface area is 196 Å². The number of halogens is 2. The summed E-state index contributed by atoms with van der Waals surface area (Å²) in [4.78, 5) is 18.0. The maximum absolute atomic E-state index is 13.2. The molecule has 5 nitrogen and oxygen atoms in total. The average Bonchev–Trinajstić information content (AvgIpc) is 2.81. The molecule has 0 bridgehead atoms. The monoisotopic (exact) mass is 468 g/mol. The zero-order chi connectivity index (χ0) is 22.5. The number of hydrogen-bond acceptors (Lipinski definition) is 4. The van der Waals surface area contributed by atoms with Crippen molar-refractivity contribution >= 4 is 34.1 Å². The first-order valence-electron chi connectivity index (χ1n) is 10.3. The van der Waals surface area contributed by atoms with Gasteiger partial charge < -0.3 is 9.47 Å². The number of unbranched alkanes of at least 4 members (excludes halogenated alkanes) is 1. The van der Waals surface area contributed by atoms with Gasteiger partial charge in [-0.2, -0.15) is 0 Å². The molecule has 32 heavy (non-hydrogen) atoms. The Morgan fingerprint density at radius 1 is 0.969 bits per heavy atom. The molecule has 0 amide bonds. The van der Waals surface area contributed by atoms with Crippen molar-refractivity contribution in [2.75, 3.05) is 13.7 Å². The van der Waals surface area contributed by atoms with Crippen molar-refractivity contribution in [3.8, 4) is 22.9 Å². The molecule has 7 heteroatoms. The first-order chi connectivity index (χ1) is 15.6. The van der Waals surface area contributed by atoms with Crippen LogP contribution in [-0.4, -0.2) is 23.3 Å². The molecule has 4 aromatic rings. The molecule has 1 heterocycles. The van der Waals surface area contributed by atoms with E-state index in [1.165, 1.54) is 0 Å². The van der Waals surface area contributed by atoms with E-state index in [0.717, 1.165) is 24.2 Å². The zero-order valence-corrected chi connectivity index (χ0v) is 19.1. The van der Waals surface area contributed by atoms with E-state index in [4.69, 9.17) is 37.7 Å². The van der Waals surface area contributed by atoms with Crippen molar-refractivity contribution in [1.29, 1.82) is 0 Å². The maximum atomic E-state index is 13.2. The van der Waals surface area contributed by atoms with Gasteiger partial charge in [0.25, 0.3) is 5.56 Å². The first kappa shape index (κ1) is 22.2. The molecule has 0 aliphatic heterocycles. The average molecular weight is 469 g/mol. The maximum Gasteiger partial charge on any atom is 0.261 e. The van der Waals surface area contributed by atoms with Crippen molar-refractivity contribution in [2.45, 2.75) is 19.4 Å². The zero-order valence-electron chi connectivity index (χ0n) is 17.6. The molecule has 0 radical (unpaired) electrons. The number of fused-ring (bicyclic) bond motifs is 1. The lowest BCUT2D eigenvalue weighted by atomic mass is 10.1. The lowest BCUT2D eigenvalue weighted by molar-refractivity contribution is 0.303. The minimum absolute atomic E-state index is 0.0527. The van der Waals surface area contributed by atoms with Crippen LogP contribution in [0.2, 0.25) is 10.0 Å². The van der Waals surface area contributed by atoms with Crippen molar-refractivity contribution in [3.63, 3.8) is 0 Å². The molecule has 0 aliphatic rings. The third-order valence-corrected chi connectivity index (χ3v) is 5.67. The van der Waals surface area contributed by atoms with Crippen molar-refractivity contribution in [1.82, 2.24) is 9.55 Å². The fourth-order valence-corrected chi connectivity index (χ4v) is 3.95. The molecule has 0 N–H and O–H groups in total. The highest BCUT2D eigenvalue weighted by atomic mass is 35.5. The molecule has 0 saturated heterocycles. The van der Waals surface area contributed by atoms with Crippen LogP contribution in [0.15, 0.2) is 71.5 Å². The fraction of sp³-hybridized carbons (Fsp3) is 0.200. The summed E-state index contributed by atoms with van der Waals surface area (Å²) in [5, 5.41) is 1.65. The summed E-state index contributed by atoms with van der Waals surface area (Å²) in [6.45, 7) is 1.00. The highest BCUT2D eigenvalue weighted by Crippen LogP contribution is 2.28. The van der Waals surface area contributed by atoms with Gasteiger partial charge in [-0.25, -0.2) is 4.98 Å². The Morgan fingerprint density at radius 3 is 2.50 bits per heavy atom. The number of aromatic nitrogens is 2. The molecular weight excluding hydrogens is 447 g/mol. The van der Waals surface area contributed by atoms with Gasteiger partial charge in [0.2, 0.25) is 0 Å². The van der Waals surface area contributed by atoms with Gasteiger partial charge in [-0.1, -0.05) is 35.3 Å². The molecule has 0 spiro atoms. The van der Waals surface area contributed by atoms with Gasteiger partial charge in [0, 0.05) is 17.1 Å². The van der Waals surface area contributed by atoms with Crippen molar-refractivity contribution in [3.05, 3.63) is 87.1 Å². The molecule has 0 saturated carbocycles. The summed E-state index contributed by atoms with van der Waals surface area (Å²) >= 11 is 12.1. The minimum Gasteiger partial charge on any atom is -0.497 e. The van der Waals surface area contributed by atoms with Crippen LogP contribution in [0.5, 0.6) is 11.5 Å². The standard InChI is InChI=1S/C25H22Cl2N2O3/c1-31-19-11-8-17(9-12-19)24-28-22-7-3-2-6-20(22)25(30)29(24)14-4-5-15-32-23-13-10-18(26)16-21(23)27/h2-3,6-13,16H,4-5,14-15H2,1H3. The Morgan fingerprint density at radius 2 is 1.75 bits per heavy atom. The van der Waals surface area contributed by atoms with E-state index < -0.39 is 0 Å². The van der Waals surface area contributed by atoms with Gasteiger partial charge in [0.15, 0.2) is 0 Å². The molecule has 3 aromatic carbocycles. The first-order valence-corrected chi connectivity index (χ1v) is 11.0. The van der Waals surface area contributed by atoms with E-state index in [9.17, 15) is 4.79 Å². The third kappa shape index (κ3) is 4.90. The molecule has 164 valence electrons. The van der Waals surface area contributed by atoms with Gasteiger partial charge in [-0.15, -0.1) is 0 Å². The summed E-state index contributed by atoms with van der Waals surface area (Å²) in [6, 6.07) is 20.1. The highest BCUT2D eigenvalue weighted by molar-refractivity contribution is 6.35. The molecule has 0 atom stereocenters. The van der Waals surface area contributed by atoms with Gasteiger partial charge in [0.05, 0.1) is 29.6 Å². The Bertz CT molecular complexity index is 1290. The lowest BCUT2D eigenvalue weighted by Crippen LogP contribution is -2.24. The van der Waals surface area contributed by atoms with E-state index >= 15 is 0 Å². The van der Waals surface area contributed by atoms with Crippen LogP contribution in [-0.2, 0) is 6.54 Å². The quantitative estimate of drug-likeness (QED) is 0.287. The van der Waals surface area contributed by atoms with E-state index in [-0.39, 0.29) is 5.56 Å². The van der Waals surface area contributed by atoms with Gasteiger partial charge in [-0.05, 0) is 67.4 Å². The fourth-order valence-electron chi connectivity index (χ4n) is 3.48. The Hall–Kier alpha value is -3.02. The van der Waals surface area contributed by atoms with E-state index in [1.807, 2.05) is 48.5 Å². The van der Waals surface area contributed by atoms with E-state index in [0.29, 0.717) is 45.7 Å². The number of rotatable bonds is 8. The second-order valence-corrected chi connectivity index (χ2v) is 8.11. The summed E-state index contributed by atoms with van der Waals surface area (Å²) in [6.07, 6.45) is 1.49. The molecule has 0 fully saturated rings. The number of hydrogen-bond donors (Lipinski definition) is 0. The van der Waals surface area contributed by atoms with Gasteiger partial charge >= 0.3 is 0 Å². The van der Waals surface area contributed by atoms with E-state index in [2.05, 4.69) is 0 Å². The number of nitrogens with zero attached hydrogens (tertiary/aromatic N) is 2. The summed E-state index contributed by atoms with van der Waals surface area (Å²) in [5.74, 6) is 1.99. The second-order valence-electron chi connectivity index (χ2n) is 7.27. The number of benzene rings is 3. The largest absolute Gasteiger partial charge is 0.497 e. The van der Waals surface area contributed by atoms with E-state index in [1.54, 1.807) is 29.9 Å².